The summed E-state index contributed by atoms with van der Waals surface area (Å²) in [5, 5.41) is 7.40. The fourth-order valence-electron chi connectivity index (χ4n) is 1.99. The van der Waals surface area contributed by atoms with E-state index in [4.69, 9.17) is 0 Å². The van der Waals surface area contributed by atoms with Gasteiger partial charge < -0.3 is 5.32 Å². The molecule has 0 radical (unpaired) electrons. The molecule has 0 aliphatic carbocycles. The van der Waals surface area contributed by atoms with Crippen LogP contribution in [0.25, 0.3) is 0 Å². The van der Waals surface area contributed by atoms with E-state index >= 15 is 0 Å². The predicted molar refractivity (Wildman–Crippen MR) is 70.3 cm³/mol. The predicted octanol–water partition coefficient (Wildman–Crippen LogP) is 2.98. The van der Waals surface area contributed by atoms with Crippen molar-refractivity contribution >= 4 is 0 Å². The van der Waals surface area contributed by atoms with Gasteiger partial charge in [0.2, 0.25) is 0 Å². The van der Waals surface area contributed by atoms with Gasteiger partial charge in [-0.3, -0.25) is 4.68 Å². The first-order valence-corrected chi connectivity index (χ1v) is 6.24. The second kappa shape index (κ2) is 5.66. The SMILES string of the molecule is CNCc1cn(Cc2ccc(C(F)(F)F)cc2)nc1C. The maximum absolute atomic E-state index is 12.5. The Labute approximate surface area is 115 Å². The van der Waals surface area contributed by atoms with E-state index in [-0.39, 0.29) is 0 Å². The average Bonchev–Trinajstić information content (AvgIpc) is 2.70. The molecule has 108 valence electrons. The molecule has 1 N–H and O–H groups in total. The zero-order valence-electron chi connectivity index (χ0n) is 11.3. The Balaban J connectivity index is 2.12. The molecular weight excluding hydrogens is 267 g/mol. The van der Waals surface area contributed by atoms with Gasteiger partial charge in [-0.2, -0.15) is 18.3 Å². The molecule has 20 heavy (non-hydrogen) atoms. The summed E-state index contributed by atoms with van der Waals surface area (Å²) in [6, 6.07) is 5.16. The lowest BCUT2D eigenvalue weighted by molar-refractivity contribution is -0.137. The van der Waals surface area contributed by atoms with E-state index in [0.29, 0.717) is 6.54 Å². The highest BCUT2D eigenvalue weighted by Gasteiger charge is 2.29. The van der Waals surface area contributed by atoms with Crippen molar-refractivity contribution in [1.82, 2.24) is 15.1 Å². The van der Waals surface area contributed by atoms with Crippen LogP contribution in [0.15, 0.2) is 30.5 Å². The number of hydrogen-bond acceptors (Lipinski definition) is 2. The molecule has 0 spiro atoms. The minimum Gasteiger partial charge on any atom is -0.316 e. The Kier molecular flexibility index (Phi) is 4.13. The first-order valence-electron chi connectivity index (χ1n) is 6.24. The van der Waals surface area contributed by atoms with Crippen LogP contribution in [0.2, 0.25) is 0 Å². The molecule has 0 saturated carbocycles. The fourth-order valence-corrected chi connectivity index (χ4v) is 1.99. The van der Waals surface area contributed by atoms with Gasteiger partial charge in [-0.1, -0.05) is 12.1 Å². The molecule has 0 bridgehead atoms. The van der Waals surface area contributed by atoms with E-state index in [0.717, 1.165) is 35.5 Å². The van der Waals surface area contributed by atoms with Crippen molar-refractivity contribution in [2.75, 3.05) is 7.05 Å². The maximum Gasteiger partial charge on any atom is 0.416 e. The van der Waals surface area contributed by atoms with E-state index < -0.39 is 11.7 Å². The zero-order chi connectivity index (χ0) is 14.8. The van der Waals surface area contributed by atoms with Gasteiger partial charge in [0.05, 0.1) is 17.8 Å². The van der Waals surface area contributed by atoms with E-state index in [1.54, 1.807) is 4.68 Å². The Morgan fingerprint density at radius 3 is 2.40 bits per heavy atom. The molecule has 6 heteroatoms. The van der Waals surface area contributed by atoms with Crippen LogP contribution in [0.5, 0.6) is 0 Å². The van der Waals surface area contributed by atoms with E-state index in [1.165, 1.54) is 12.1 Å². The van der Waals surface area contributed by atoms with Crippen LogP contribution in [0.1, 0.15) is 22.4 Å². The van der Waals surface area contributed by atoms with Crippen molar-refractivity contribution in [3.05, 3.63) is 52.8 Å². The topological polar surface area (TPSA) is 29.9 Å². The minimum atomic E-state index is -4.29. The highest BCUT2D eigenvalue weighted by atomic mass is 19.4. The summed E-state index contributed by atoms with van der Waals surface area (Å²) in [6.45, 7) is 3.09. The third kappa shape index (κ3) is 3.39. The first kappa shape index (κ1) is 14.6. The summed E-state index contributed by atoms with van der Waals surface area (Å²) in [7, 11) is 1.85. The molecule has 0 aliphatic heterocycles. The number of aryl methyl sites for hydroxylation is 1. The lowest BCUT2D eigenvalue weighted by Gasteiger charge is -2.07. The van der Waals surface area contributed by atoms with Gasteiger partial charge in [-0.05, 0) is 31.7 Å². The molecule has 0 atom stereocenters. The van der Waals surface area contributed by atoms with Crippen molar-refractivity contribution < 1.29 is 13.2 Å². The summed E-state index contributed by atoms with van der Waals surface area (Å²) in [6.07, 6.45) is -2.38. The smallest absolute Gasteiger partial charge is 0.316 e. The van der Waals surface area contributed by atoms with Gasteiger partial charge in [-0.25, -0.2) is 0 Å². The van der Waals surface area contributed by atoms with Gasteiger partial charge >= 0.3 is 6.18 Å². The quantitative estimate of drug-likeness (QED) is 0.935. The van der Waals surface area contributed by atoms with Crippen molar-refractivity contribution in [2.24, 2.45) is 0 Å². The van der Waals surface area contributed by atoms with E-state index in [1.807, 2.05) is 20.2 Å². The lowest BCUT2D eigenvalue weighted by Crippen LogP contribution is -2.06. The molecule has 0 fully saturated rings. The van der Waals surface area contributed by atoms with Crippen molar-refractivity contribution in [2.45, 2.75) is 26.2 Å². The Hall–Kier alpha value is -1.82. The normalized spacial score (nSPS) is 11.8. The van der Waals surface area contributed by atoms with Crippen LogP contribution < -0.4 is 5.32 Å². The van der Waals surface area contributed by atoms with Gasteiger partial charge in [0.15, 0.2) is 0 Å². The third-order valence-electron chi connectivity index (χ3n) is 3.04. The molecule has 2 rings (SSSR count). The Morgan fingerprint density at radius 2 is 1.85 bits per heavy atom. The summed E-state index contributed by atoms with van der Waals surface area (Å²) in [5.41, 5.74) is 2.16. The second-order valence-electron chi connectivity index (χ2n) is 4.66. The van der Waals surface area contributed by atoms with Gasteiger partial charge in [0.25, 0.3) is 0 Å². The van der Waals surface area contributed by atoms with Gasteiger partial charge in [0, 0.05) is 18.3 Å². The Bertz CT molecular complexity index is 570. The van der Waals surface area contributed by atoms with Crippen molar-refractivity contribution in [1.29, 1.82) is 0 Å². The van der Waals surface area contributed by atoms with Crippen LogP contribution in [0.4, 0.5) is 13.2 Å². The molecule has 1 aromatic heterocycles. The number of aromatic nitrogens is 2. The standard InChI is InChI=1S/C14H16F3N3/c1-10-12(7-18-2)9-20(19-10)8-11-3-5-13(6-4-11)14(15,16)17/h3-6,9,18H,7-8H2,1-2H3. The van der Waals surface area contributed by atoms with Crippen LogP contribution in [-0.2, 0) is 19.3 Å². The molecular formula is C14H16F3N3. The van der Waals surface area contributed by atoms with E-state index in [2.05, 4.69) is 10.4 Å². The van der Waals surface area contributed by atoms with Crippen LogP contribution in [0.3, 0.4) is 0 Å². The van der Waals surface area contributed by atoms with Crippen LogP contribution >= 0.6 is 0 Å². The number of hydrogen-bond donors (Lipinski definition) is 1. The largest absolute Gasteiger partial charge is 0.416 e. The molecule has 2 aromatic rings. The molecule has 0 unspecified atom stereocenters. The number of nitrogens with one attached hydrogen (secondary N) is 1. The van der Waals surface area contributed by atoms with Crippen molar-refractivity contribution in [3.63, 3.8) is 0 Å². The number of nitrogens with zero attached hydrogens (tertiary/aromatic N) is 2. The fraction of sp³-hybridized carbons (Fsp3) is 0.357. The second-order valence-corrected chi connectivity index (χ2v) is 4.66. The highest BCUT2D eigenvalue weighted by Crippen LogP contribution is 2.29. The third-order valence-corrected chi connectivity index (χ3v) is 3.04. The summed E-state index contributed by atoms with van der Waals surface area (Å²) in [4.78, 5) is 0. The molecule has 1 heterocycles. The number of benzene rings is 1. The lowest BCUT2D eigenvalue weighted by atomic mass is 10.1. The molecule has 0 aliphatic rings. The molecule has 1 aromatic carbocycles. The monoisotopic (exact) mass is 283 g/mol. The molecule has 0 amide bonds. The zero-order valence-corrected chi connectivity index (χ0v) is 11.3. The maximum atomic E-state index is 12.5. The van der Waals surface area contributed by atoms with Crippen molar-refractivity contribution in [3.8, 4) is 0 Å². The van der Waals surface area contributed by atoms with Gasteiger partial charge in [0.1, 0.15) is 0 Å². The van der Waals surface area contributed by atoms with Gasteiger partial charge in [-0.15, -0.1) is 0 Å². The molecule has 3 nitrogen and oxygen atoms in total. The Morgan fingerprint density at radius 1 is 1.20 bits per heavy atom. The number of rotatable bonds is 4. The van der Waals surface area contributed by atoms with E-state index in [9.17, 15) is 13.2 Å². The summed E-state index contributed by atoms with van der Waals surface area (Å²) in [5.74, 6) is 0. The first-order chi connectivity index (χ1) is 9.40. The summed E-state index contributed by atoms with van der Waals surface area (Å²) < 4.78 is 39.1. The highest BCUT2D eigenvalue weighted by molar-refractivity contribution is 5.25. The number of alkyl halides is 3. The summed E-state index contributed by atoms with van der Waals surface area (Å²) >= 11 is 0. The molecule has 0 saturated heterocycles. The minimum absolute atomic E-state index is 0.461. The number of halogens is 3. The van der Waals surface area contributed by atoms with Crippen LogP contribution in [0, 0.1) is 6.92 Å². The average molecular weight is 283 g/mol. The van der Waals surface area contributed by atoms with Crippen LogP contribution in [-0.4, -0.2) is 16.8 Å².